The molecule has 0 bridgehead atoms. The Kier molecular flexibility index (Phi) is 4.50. The van der Waals surface area contributed by atoms with Crippen LogP contribution < -0.4 is 10.6 Å². The van der Waals surface area contributed by atoms with E-state index < -0.39 is 0 Å². The van der Waals surface area contributed by atoms with Crippen molar-refractivity contribution in [1.29, 1.82) is 0 Å². The number of carbonyl (C=O) groups excluding carboxylic acids is 2. The fraction of sp³-hybridized carbons (Fsp3) is 0.500. The van der Waals surface area contributed by atoms with Crippen LogP contribution in [0.5, 0.6) is 0 Å². The van der Waals surface area contributed by atoms with Crippen LogP contribution in [0.4, 0.5) is 5.82 Å². The number of nitrogens with one attached hydrogen (secondary N) is 3. The van der Waals surface area contributed by atoms with Crippen molar-refractivity contribution in [3.63, 3.8) is 0 Å². The number of H-pyrrole nitrogens is 1. The topological polar surface area (TPSA) is 86.9 Å². The summed E-state index contributed by atoms with van der Waals surface area (Å²) in [7, 11) is 0. The lowest BCUT2D eigenvalue weighted by atomic mass is 10.2. The Hall–Kier alpha value is -1.85. The van der Waals surface area contributed by atoms with Crippen LogP contribution in [0.15, 0.2) is 6.20 Å². The van der Waals surface area contributed by atoms with Crippen molar-refractivity contribution in [2.24, 2.45) is 0 Å². The Balaban J connectivity index is 2.37. The van der Waals surface area contributed by atoms with Gasteiger partial charge in [0.1, 0.15) is 5.82 Å². The maximum atomic E-state index is 11.4. The molecule has 0 spiro atoms. The largest absolute Gasteiger partial charge is 0.356 e. The van der Waals surface area contributed by atoms with Crippen LogP contribution in [0.3, 0.4) is 0 Å². The van der Waals surface area contributed by atoms with Crippen molar-refractivity contribution in [3.8, 4) is 0 Å². The number of hydrogen-bond donors (Lipinski definition) is 3. The highest BCUT2D eigenvalue weighted by Gasteiger charge is 2.07. The maximum Gasteiger partial charge on any atom is 0.227 e. The predicted octanol–water partition coefficient (Wildman–Crippen LogP) is 0.437. The second-order valence-corrected chi connectivity index (χ2v) is 3.40. The van der Waals surface area contributed by atoms with Gasteiger partial charge in [0.15, 0.2) is 0 Å². The molecule has 0 aliphatic heterocycles. The van der Waals surface area contributed by atoms with Crippen molar-refractivity contribution in [2.45, 2.75) is 26.7 Å². The molecule has 6 heteroatoms. The highest BCUT2D eigenvalue weighted by molar-refractivity contribution is 5.90. The maximum absolute atomic E-state index is 11.4. The first kappa shape index (κ1) is 12.2. The highest BCUT2D eigenvalue weighted by atomic mass is 16.2. The van der Waals surface area contributed by atoms with Crippen molar-refractivity contribution < 1.29 is 9.59 Å². The first-order valence-corrected chi connectivity index (χ1v) is 5.20. The normalized spacial score (nSPS) is 9.88. The van der Waals surface area contributed by atoms with E-state index in [0.717, 1.165) is 12.0 Å². The van der Waals surface area contributed by atoms with Crippen molar-refractivity contribution in [3.05, 3.63) is 11.8 Å². The van der Waals surface area contributed by atoms with E-state index in [4.69, 9.17) is 0 Å². The molecule has 1 rings (SSSR count). The summed E-state index contributed by atoms with van der Waals surface area (Å²) >= 11 is 0. The molecule has 1 heterocycles. The quantitative estimate of drug-likeness (QED) is 0.678. The summed E-state index contributed by atoms with van der Waals surface area (Å²) in [6, 6.07) is 0. The van der Waals surface area contributed by atoms with Gasteiger partial charge in [-0.25, -0.2) is 0 Å². The number of nitrogens with zero attached hydrogens (tertiary/aromatic N) is 1. The van der Waals surface area contributed by atoms with Gasteiger partial charge in [0, 0.05) is 25.5 Å². The van der Waals surface area contributed by atoms with E-state index in [1.807, 2.05) is 6.92 Å². The second-order valence-electron chi connectivity index (χ2n) is 3.40. The first-order valence-electron chi connectivity index (χ1n) is 5.20. The van der Waals surface area contributed by atoms with Crippen molar-refractivity contribution in [2.75, 3.05) is 11.9 Å². The van der Waals surface area contributed by atoms with Gasteiger partial charge in [-0.1, -0.05) is 6.92 Å². The van der Waals surface area contributed by atoms with Gasteiger partial charge in [-0.3, -0.25) is 14.7 Å². The zero-order chi connectivity index (χ0) is 12.0. The Morgan fingerprint density at radius 3 is 2.88 bits per heavy atom. The molecule has 1 aromatic rings. The van der Waals surface area contributed by atoms with Crippen LogP contribution >= 0.6 is 0 Å². The van der Waals surface area contributed by atoms with Crippen LogP contribution in [0.2, 0.25) is 0 Å². The fourth-order valence-corrected chi connectivity index (χ4v) is 1.24. The Morgan fingerprint density at radius 1 is 1.50 bits per heavy atom. The van der Waals surface area contributed by atoms with E-state index in [2.05, 4.69) is 20.8 Å². The number of anilines is 1. The molecule has 0 aliphatic carbocycles. The monoisotopic (exact) mass is 224 g/mol. The summed E-state index contributed by atoms with van der Waals surface area (Å²) in [6.07, 6.45) is 2.74. The minimum Gasteiger partial charge on any atom is -0.356 e. The Bertz CT molecular complexity index is 373. The molecule has 0 unspecified atom stereocenters. The average Bonchev–Trinajstić information content (AvgIpc) is 2.64. The summed E-state index contributed by atoms with van der Waals surface area (Å²) < 4.78 is 0. The molecule has 0 radical (unpaired) electrons. The van der Waals surface area contributed by atoms with E-state index in [1.165, 1.54) is 6.92 Å². The number of aryl methyl sites for hydroxylation is 1. The molecule has 88 valence electrons. The van der Waals surface area contributed by atoms with Gasteiger partial charge < -0.3 is 10.6 Å². The number of aromatic amines is 1. The highest BCUT2D eigenvalue weighted by Crippen LogP contribution is 2.10. The standard InChI is InChI=1S/C10H16N4O2/c1-3-8-6-12-14-10(8)13-9(16)4-5-11-7(2)15/h6H,3-5H2,1-2H3,(H,11,15)(H2,12,13,14,16). The van der Waals surface area contributed by atoms with Crippen molar-refractivity contribution in [1.82, 2.24) is 15.5 Å². The summed E-state index contributed by atoms with van der Waals surface area (Å²) in [5.74, 6) is 0.353. The third-order valence-electron chi connectivity index (χ3n) is 2.09. The molecule has 0 fully saturated rings. The molecule has 0 aromatic carbocycles. The first-order chi connectivity index (χ1) is 7.63. The lowest BCUT2D eigenvalue weighted by molar-refractivity contribution is -0.119. The minimum absolute atomic E-state index is 0.136. The van der Waals surface area contributed by atoms with Gasteiger partial charge in [-0.15, -0.1) is 0 Å². The van der Waals surface area contributed by atoms with Gasteiger partial charge in [-0.05, 0) is 6.42 Å². The van der Waals surface area contributed by atoms with Gasteiger partial charge in [0.05, 0.1) is 6.20 Å². The number of rotatable bonds is 5. The smallest absolute Gasteiger partial charge is 0.227 e. The molecule has 2 amide bonds. The van der Waals surface area contributed by atoms with Gasteiger partial charge in [0.2, 0.25) is 11.8 Å². The molecule has 0 aliphatic rings. The molecule has 0 saturated heterocycles. The van der Waals surface area contributed by atoms with E-state index in [-0.39, 0.29) is 18.2 Å². The molecule has 16 heavy (non-hydrogen) atoms. The number of amides is 2. The van der Waals surface area contributed by atoms with Gasteiger partial charge >= 0.3 is 0 Å². The Labute approximate surface area is 93.8 Å². The van der Waals surface area contributed by atoms with Crippen LogP contribution in [0.25, 0.3) is 0 Å². The summed E-state index contributed by atoms with van der Waals surface area (Å²) in [5, 5.41) is 11.8. The third-order valence-corrected chi connectivity index (χ3v) is 2.09. The van der Waals surface area contributed by atoms with E-state index >= 15 is 0 Å². The predicted molar refractivity (Wildman–Crippen MR) is 59.9 cm³/mol. The third kappa shape index (κ3) is 3.72. The molecular formula is C10H16N4O2. The molecular weight excluding hydrogens is 208 g/mol. The summed E-state index contributed by atoms with van der Waals surface area (Å²) in [4.78, 5) is 22.0. The second kappa shape index (κ2) is 5.89. The minimum atomic E-state index is -0.146. The van der Waals surface area contributed by atoms with Crippen LogP contribution in [-0.2, 0) is 16.0 Å². The molecule has 1 aromatic heterocycles. The molecule has 0 saturated carbocycles. The van der Waals surface area contributed by atoms with E-state index in [1.54, 1.807) is 6.20 Å². The molecule has 3 N–H and O–H groups in total. The van der Waals surface area contributed by atoms with Crippen LogP contribution in [0.1, 0.15) is 25.8 Å². The molecule has 0 atom stereocenters. The zero-order valence-corrected chi connectivity index (χ0v) is 9.46. The Morgan fingerprint density at radius 2 is 2.25 bits per heavy atom. The number of hydrogen-bond acceptors (Lipinski definition) is 3. The van der Waals surface area contributed by atoms with Crippen LogP contribution in [0, 0.1) is 0 Å². The lowest BCUT2D eigenvalue weighted by Crippen LogP contribution is -2.25. The number of carbonyl (C=O) groups is 2. The van der Waals surface area contributed by atoms with E-state index in [0.29, 0.717) is 12.4 Å². The zero-order valence-electron chi connectivity index (χ0n) is 9.46. The molecule has 6 nitrogen and oxygen atoms in total. The summed E-state index contributed by atoms with van der Waals surface area (Å²) in [5.41, 5.74) is 0.966. The van der Waals surface area contributed by atoms with Crippen molar-refractivity contribution >= 4 is 17.6 Å². The fourth-order valence-electron chi connectivity index (χ4n) is 1.24. The van der Waals surface area contributed by atoms with Gasteiger partial charge in [-0.2, -0.15) is 5.10 Å². The lowest BCUT2D eigenvalue weighted by Gasteiger charge is -2.04. The van der Waals surface area contributed by atoms with E-state index in [9.17, 15) is 9.59 Å². The summed E-state index contributed by atoms with van der Waals surface area (Å²) in [6.45, 7) is 3.75. The SMILES string of the molecule is CCc1cn[nH]c1NC(=O)CCNC(C)=O. The average molecular weight is 224 g/mol. The van der Waals surface area contributed by atoms with Crippen LogP contribution in [-0.4, -0.2) is 28.6 Å². The van der Waals surface area contributed by atoms with Gasteiger partial charge in [0.25, 0.3) is 0 Å². The number of aromatic nitrogens is 2.